The molecule has 5 nitrogen and oxygen atoms in total. The van der Waals surface area contributed by atoms with Crippen molar-refractivity contribution in [1.82, 2.24) is 15.5 Å². The highest BCUT2D eigenvalue weighted by Gasteiger charge is 2.31. The van der Waals surface area contributed by atoms with E-state index >= 15 is 0 Å². The molecule has 2 aliphatic rings. The summed E-state index contributed by atoms with van der Waals surface area (Å²) in [5.41, 5.74) is 1.52. The first-order chi connectivity index (χ1) is 11.1. The number of ether oxygens (including phenoxy) is 1. The van der Waals surface area contributed by atoms with Crippen molar-refractivity contribution in [2.75, 3.05) is 19.8 Å². The quantitative estimate of drug-likeness (QED) is 0.843. The van der Waals surface area contributed by atoms with E-state index in [2.05, 4.69) is 35.4 Å². The smallest absolute Gasteiger partial charge is 0.244 e. The number of aromatic nitrogens is 2. The molecule has 1 aliphatic heterocycles. The summed E-state index contributed by atoms with van der Waals surface area (Å²) in [6.07, 6.45) is 7.00. The average molecular weight is 319 g/mol. The van der Waals surface area contributed by atoms with E-state index in [-0.39, 0.29) is 6.04 Å². The van der Waals surface area contributed by atoms with E-state index in [1.165, 1.54) is 18.4 Å². The first kappa shape index (κ1) is 16.7. The third-order valence-electron chi connectivity index (χ3n) is 5.46. The lowest BCUT2D eigenvalue weighted by Gasteiger charge is -2.33. The van der Waals surface area contributed by atoms with Crippen molar-refractivity contribution in [2.45, 2.75) is 52.5 Å². The molecule has 1 saturated heterocycles. The Morgan fingerprint density at radius 2 is 2.04 bits per heavy atom. The van der Waals surface area contributed by atoms with Gasteiger partial charge >= 0.3 is 0 Å². The van der Waals surface area contributed by atoms with Crippen molar-refractivity contribution in [2.24, 2.45) is 17.8 Å². The topological polar surface area (TPSA) is 60.2 Å². The molecule has 5 heteroatoms. The van der Waals surface area contributed by atoms with E-state index in [9.17, 15) is 0 Å². The summed E-state index contributed by atoms with van der Waals surface area (Å²) in [5.74, 6) is 3.29. The maximum atomic E-state index is 5.52. The first-order valence-corrected chi connectivity index (χ1v) is 8.93. The molecule has 3 rings (SSSR count). The number of hydrogen-bond acceptors (Lipinski definition) is 5. The molecule has 2 heterocycles. The summed E-state index contributed by atoms with van der Waals surface area (Å²) >= 11 is 0. The largest absolute Gasteiger partial charge is 0.381 e. The summed E-state index contributed by atoms with van der Waals surface area (Å²) in [6, 6.07) is 0.141. The number of allylic oxidation sites excluding steroid dienone is 1. The predicted molar refractivity (Wildman–Crippen MR) is 89.0 cm³/mol. The summed E-state index contributed by atoms with van der Waals surface area (Å²) in [7, 11) is 0. The third kappa shape index (κ3) is 4.01. The molecule has 0 saturated carbocycles. The maximum Gasteiger partial charge on any atom is 0.244 e. The Balaban J connectivity index is 1.70. The minimum atomic E-state index is 0.141. The molecule has 0 spiro atoms. The van der Waals surface area contributed by atoms with E-state index in [1.54, 1.807) is 0 Å². The lowest BCUT2D eigenvalue weighted by Crippen LogP contribution is -2.37. The van der Waals surface area contributed by atoms with Crippen LogP contribution in [0.4, 0.5) is 0 Å². The van der Waals surface area contributed by atoms with E-state index in [0.29, 0.717) is 17.7 Å². The zero-order valence-corrected chi connectivity index (χ0v) is 14.5. The fraction of sp³-hybridized carbons (Fsp3) is 0.778. The zero-order valence-electron chi connectivity index (χ0n) is 14.5. The van der Waals surface area contributed by atoms with Crippen LogP contribution in [0.3, 0.4) is 0 Å². The molecular weight excluding hydrogens is 290 g/mol. The van der Waals surface area contributed by atoms with Gasteiger partial charge in [0.25, 0.3) is 0 Å². The van der Waals surface area contributed by atoms with Crippen molar-refractivity contribution in [3.05, 3.63) is 23.4 Å². The van der Waals surface area contributed by atoms with Gasteiger partial charge in [0.1, 0.15) is 0 Å². The SMILES string of the molecule is CC1=CCC[C@H](C)[C@H]1CN[C@H](c1nc(C)no1)C1CCOCC1. The minimum Gasteiger partial charge on any atom is -0.381 e. The highest BCUT2D eigenvalue weighted by Crippen LogP contribution is 2.33. The normalized spacial score (nSPS) is 27.7. The van der Waals surface area contributed by atoms with Crippen LogP contribution in [0, 0.1) is 24.7 Å². The molecular formula is C18H29N3O2. The monoisotopic (exact) mass is 319 g/mol. The van der Waals surface area contributed by atoms with Crippen molar-refractivity contribution in [3.63, 3.8) is 0 Å². The molecule has 3 atom stereocenters. The van der Waals surface area contributed by atoms with Crippen LogP contribution < -0.4 is 5.32 Å². The van der Waals surface area contributed by atoms with Crippen molar-refractivity contribution in [1.29, 1.82) is 0 Å². The Morgan fingerprint density at radius 1 is 1.26 bits per heavy atom. The maximum absolute atomic E-state index is 5.52. The molecule has 128 valence electrons. The van der Waals surface area contributed by atoms with Gasteiger partial charge in [0, 0.05) is 19.8 Å². The number of hydrogen-bond donors (Lipinski definition) is 1. The summed E-state index contributed by atoms with van der Waals surface area (Å²) < 4.78 is 11.0. The standard InChI is InChI=1S/C18H29N3O2/c1-12-5-4-6-13(2)16(12)11-19-17(15-7-9-22-10-8-15)18-20-14(3)21-23-18/h5,13,15-17,19H,4,6-11H2,1-3H3/t13-,16-,17-/m0/s1. The molecule has 1 aromatic rings. The molecule has 0 unspecified atom stereocenters. The van der Waals surface area contributed by atoms with Gasteiger partial charge in [0.15, 0.2) is 5.82 Å². The van der Waals surface area contributed by atoms with Crippen LogP contribution in [-0.2, 0) is 4.74 Å². The lowest BCUT2D eigenvalue weighted by atomic mass is 9.79. The second kappa shape index (κ2) is 7.58. The van der Waals surface area contributed by atoms with Crippen molar-refractivity contribution < 1.29 is 9.26 Å². The highest BCUT2D eigenvalue weighted by atomic mass is 16.5. The van der Waals surface area contributed by atoms with Crippen LogP contribution in [0.5, 0.6) is 0 Å². The van der Waals surface area contributed by atoms with E-state index in [0.717, 1.165) is 44.4 Å². The number of rotatable bonds is 5. The second-order valence-corrected chi connectivity index (χ2v) is 7.12. The second-order valence-electron chi connectivity index (χ2n) is 7.12. The average Bonchev–Trinajstić information content (AvgIpc) is 2.97. The highest BCUT2D eigenvalue weighted by molar-refractivity contribution is 5.10. The molecule has 23 heavy (non-hydrogen) atoms. The minimum absolute atomic E-state index is 0.141. The van der Waals surface area contributed by atoms with Crippen LogP contribution >= 0.6 is 0 Å². The Labute approximate surface area is 138 Å². The van der Waals surface area contributed by atoms with E-state index in [4.69, 9.17) is 9.26 Å². The Kier molecular flexibility index (Phi) is 5.49. The van der Waals surface area contributed by atoms with Gasteiger partial charge in [-0.2, -0.15) is 4.98 Å². The Morgan fingerprint density at radius 3 is 2.70 bits per heavy atom. The zero-order chi connectivity index (χ0) is 16.2. The predicted octanol–water partition coefficient (Wildman–Crippen LogP) is 3.43. The summed E-state index contributed by atoms with van der Waals surface area (Å²) in [6.45, 7) is 9.14. The molecule has 0 radical (unpaired) electrons. The van der Waals surface area contributed by atoms with Gasteiger partial charge in [-0.3, -0.25) is 0 Å². The Hall–Kier alpha value is -1.20. The third-order valence-corrected chi connectivity index (χ3v) is 5.46. The fourth-order valence-electron chi connectivity index (χ4n) is 3.94. The molecule has 1 aliphatic carbocycles. The fourth-order valence-corrected chi connectivity index (χ4v) is 3.94. The molecule has 1 fully saturated rings. The van der Waals surface area contributed by atoms with E-state index in [1.807, 2.05) is 6.92 Å². The van der Waals surface area contributed by atoms with Gasteiger partial charge in [-0.25, -0.2) is 0 Å². The molecule has 1 aromatic heterocycles. The summed E-state index contributed by atoms with van der Waals surface area (Å²) in [5, 5.41) is 7.75. The van der Waals surface area contributed by atoms with Crippen LogP contribution in [0.15, 0.2) is 16.2 Å². The van der Waals surface area contributed by atoms with E-state index < -0.39 is 0 Å². The van der Waals surface area contributed by atoms with Gasteiger partial charge in [0.05, 0.1) is 6.04 Å². The van der Waals surface area contributed by atoms with Crippen molar-refractivity contribution in [3.8, 4) is 0 Å². The van der Waals surface area contributed by atoms with Gasteiger partial charge in [0.2, 0.25) is 5.89 Å². The van der Waals surface area contributed by atoms with Gasteiger partial charge in [-0.1, -0.05) is 23.7 Å². The van der Waals surface area contributed by atoms with Gasteiger partial charge in [-0.05, 0) is 57.3 Å². The first-order valence-electron chi connectivity index (χ1n) is 8.93. The summed E-state index contributed by atoms with van der Waals surface area (Å²) in [4.78, 5) is 4.49. The number of nitrogens with zero attached hydrogens (tertiary/aromatic N) is 2. The number of aryl methyl sites for hydroxylation is 1. The van der Waals surface area contributed by atoms with Crippen LogP contribution in [0.1, 0.15) is 57.3 Å². The van der Waals surface area contributed by atoms with Crippen LogP contribution in [0.2, 0.25) is 0 Å². The van der Waals surface area contributed by atoms with Crippen LogP contribution in [0.25, 0.3) is 0 Å². The molecule has 0 amide bonds. The number of nitrogens with one attached hydrogen (secondary N) is 1. The lowest BCUT2D eigenvalue weighted by molar-refractivity contribution is 0.0479. The Bertz CT molecular complexity index is 534. The van der Waals surface area contributed by atoms with Crippen molar-refractivity contribution >= 4 is 0 Å². The van der Waals surface area contributed by atoms with Crippen LogP contribution in [-0.4, -0.2) is 29.9 Å². The van der Waals surface area contributed by atoms with Gasteiger partial charge < -0.3 is 14.6 Å². The van der Waals surface area contributed by atoms with Gasteiger partial charge in [-0.15, -0.1) is 0 Å². The molecule has 0 bridgehead atoms. The molecule has 0 aromatic carbocycles. The molecule has 1 N–H and O–H groups in total.